The molecule has 1 aliphatic heterocycles. The Bertz CT molecular complexity index is 1490. The molecule has 9 nitrogen and oxygen atoms in total. The number of aliphatic hydroxyl groups excluding tert-OH is 5. The largest absolute Gasteiger partial charge is 0.394 e. The molecule has 1 fully saturated rings. The van der Waals surface area contributed by atoms with E-state index < -0.39 is 49.5 Å². The smallest absolute Gasteiger partial charge is 0.220 e. The highest BCUT2D eigenvalue weighted by molar-refractivity contribution is 5.76. The summed E-state index contributed by atoms with van der Waals surface area (Å²) in [5.74, 6) is -0.179. The quantitative estimate of drug-likeness (QED) is 0.0261. The van der Waals surface area contributed by atoms with E-state index in [4.69, 9.17) is 9.47 Å². The zero-order valence-electron chi connectivity index (χ0n) is 52.1. The van der Waals surface area contributed by atoms with E-state index in [9.17, 15) is 30.3 Å². The highest BCUT2D eigenvalue weighted by Crippen LogP contribution is 2.23. The highest BCUT2D eigenvalue weighted by atomic mass is 16.7. The molecule has 1 heterocycles. The third kappa shape index (κ3) is 48.0. The number of unbranched alkanes of at least 4 members (excludes halogenated alkanes) is 39. The Kier molecular flexibility index (Phi) is 56.5. The van der Waals surface area contributed by atoms with E-state index >= 15 is 0 Å². The van der Waals surface area contributed by atoms with Gasteiger partial charge in [-0.3, -0.25) is 4.79 Å². The molecule has 7 atom stereocenters. The van der Waals surface area contributed by atoms with Gasteiger partial charge in [0.05, 0.1) is 25.4 Å². The molecular formula is C71H129NO8. The van der Waals surface area contributed by atoms with Gasteiger partial charge in [0.25, 0.3) is 0 Å². The van der Waals surface area contributed by atoms with E-state index in [1.807, 2.05) is 6.08 Å². The number of amides is 1. The molecule has 1 rings (SSSR count). The molecule has 0 radical (unpaired) electrons. The first-order chi connectivity index (χ1) is 39.3. The van der Waals surface area contributed by atoms with Crippen LogP contribution < -0.4 is 5.32 Å². The number of carbonyl (C=O) groups excluding carboxylic acids is 1. The van der Waals surface area contributed by atoms with Crippen LogP contribution in [0.2, 0.25) is 0 Å². The summed E-state index contributed by atoms with van der Waals surface area (Å²) in [6.45, 7) is 3.70. The van der Waals surface area contributed by atoms with E-state index in [2.05, 4.69) is 79.9 Å². The summed E-state index contributed by atoms with van der Waals surface area (Å²) in [7, 11) is 0. The number of carbonyl (C=O) groups is 1. The summed E-state index contributed by atoms with van der Waals surface area (Å²) in [6, 6.07) is -0.812. The summed E-state index contributed by atoms with van der Waals surface area (Å²) in [4.78, 5) is 13.1. The minimum atomic E-state index is -1.57. The topological polar surface area (TPSA) is 149 Å². The second-order valence-electron chi connectivity index (χ2n) is 23.6. The molecule has 0 saturated carbocycles. The van der Waals surface area contributed by atoms with Crippen molar-refractivity contribution < 1.29 is 39.8 Å². The standard InChI is InChI=1S/C71H129NO8/c1-3-5-7-9-11-13-15-17-19-21-23-25-27-29-31-32-33-35-36-38-40-42-44-46-48-50-52-54-56-58-60-65(74)64(63-79-71-70(78)69(77)68(76)66(62-73)80-71)72-67(75)61-59-57-55-53-51-49-47-45-43-41-39-37-34-30-28-26-24-22-20-18-16-14-12-10-8-6-4-2/h6,8,12,14,18,20,24,26,30,34,58,60,64-66,68-71,73-74,76-78H,3-5,7,9-11,13,15-17,19,21-23,25,27-29,31-33,35-57,59,61-63H2,1-2H3,(H,72,75)/b8-6-,14-12-,20-18-,26-24-,34-30-,60-58+. The third-order valence-electron chi connectivity index (χ3n) is 16.0. The second-order valence-corrected chi connectivity index (χ2v) is 23.6. The van der Waals surface area contributed by atoms with E-state index in [1.54, 1.807) is 6.08 Å². The fourth-order valence-corrected chi connectivity index (χ4v) is 10.7. The number of ether oxygens (including phenoxy) is 2. The lowest BCUT2D eigenvalue weighted by Gasteiger charge is -2.40. The van der Waals surface area contributed by atoms with Crippen molar-refractivity contribution in [1.82, 2.24) is 5.32 Å². The van der Waals surface area contributed by atoms with Gasteiger partial charge in [-0.15, -0.1) is 0 Å². The highest BCUT2D eigenvalue weighted by Gasteiger charge is 2.44. The van der Waals surface area contributed by atoms with Gasteiger partial charge in [0.2, 0.25) is 5.91 Å². The first-order valence-corrected chi connectivity index (χ1v) is 34.2. The van der Waals surface area contributed by atoms with Crippen LogP contribution in [0.4, 0.5) is 0 Å². The fraction of sp³-hybridized carbons (Fsp3) is 0.817. The molecule has 1 amide bonds. The van der Waals surface area contributed by atoms with Crippen molar-refractivity contribution >= 4 is 5.91 Å². The average Bonchev–Trinajstić information content (AvgIpc) is 3.46. The van der Waals surface area contributed by atoms with Crippen molar-refractivity contribution in [3.63, 3.8) is 0 Å². The van der Waals surface area contributed by atoms with Gasteiger partial charge in [0, 0.05) is 6.42 Å². The lowest BCUT2D eigenvalue weighted by molar-refractivity contribution is -0.302. The van der Waals surface area contributed by atoms with Crippen LogP contribution in [0.5, 0.6) is 0 Å². The molecule has 7 unspecified atom stereocenters. The maximum absolute atomic E-state index is 13.1. The maximum Gasteiger partial charge on any atom is 0.220 e. The molecule has 80 heavy (non-hydrogen) atoms. The molecular weight excluding hydrogens is 995 g/mol. The Labute approximate surface area is 493 Å². The number of hydrogen-bond donors (Lipinski definition) is 6. The molecule has 9 heteroatoms. The van der Waals surface area contributed by atoms with Crippen molar-refractivity contribution in [3.05, 3.63) is 72.9 Å². The zero-order chi connectivity index (χ0) is 57.9. The Hall–Kier alpha value is -2.37. The van der Waals surface area contributed by atoms with Crippen molar-refractivity contribution in [2.24, 2.45) is 0 Å². The molecule has 1 saturated heterocycles. The normalized spacial score (nSPS) is 18.9. The average molecular weight is 1120 g/mol. The minimum absolute atomic E-state index is 0.179. The van der Waals surface area contributed by atoms with Gasteiger partial charge in [-0.05, 0) is 64.2 Å². The summed E-state index contributed by atoms with van der Waals surface area (Å²) >= 11 is 0. The first kappa shape index (κ1) is 75.6. The van der Waals surface area contributed by atoms with Gasteiger partial charge in [-0.2, -0.15) is 0 Å². The molecule has 6 N–H and O–H groups in total. The Morgan fingerprint density at radius 1 is 0.438 bits per heavy atom. The predicted octanol–water partition coefficient (Wildman–Crippen LogP) is 18.4. The maximum atomic E-state index is 13.1. The SMILES string of the molecule is CC/C=C\C/C=C\C/C=C\C/C=C\C/C=C\CCCCCCCCCCCCCC(=O)NC(COC1OC(CO)C(O)C(O)C1O)C(O)/C=C/CCCCCCCCCCCCCCCCCCCCCCCCCCCCCC. The van der Waals surface area contributed by atoms with Crippen LogP contribution in [0, 0.1) is 0 Å². The summed E-state index contributed by atoms with van der Waals surface area (Å²) in [6.07, 6.45) is 77.1. The molecule has 0 aromatic heterocycles. The molecule has 0 aliphatic carbocycles. The summed E-state index contributed by atoms with van der Waals surface area (Å²) in [5, 5.41) is 54.8. The number of rotatable bonds is 59. The second kappa shape index (κ2) is 59.8. The predicted molar refractivity (Wildman–Crippen MR) is 341 cm³/mol. The van der Waals surface area contributed by atoms with Crippen LogP contribution in [0.25, 0.3) is 0 Å². The molecule has 1 aliphatic rings. The van der Waals surface area contributed by atoms with Gasteiger partial charge in [-0.1, -0.05) is 318 Å². The van der Waals surface area contributed by atoms with E-state index in [1.165, 1.54) is 225 Å². The molecule has 0 bridgehead atoms. The van der Waals surface area contributed by atoms with Crippen molar-refractivity contribution in [2.75, 3.05) is 13.2 Å². The Morgan fingerprint density at radius 3 is 1.15 bits per heavy atom. The van der Waals surface area contributed by atoms with Gasteiger partial charge >= 0.3 is 0 Å². The van der Waals surface area contributed by atoms with Gasteiger partial charge in [0.1, 0.15) is 24.4 Å². The Morgan fingerprint density at radius 2 is 0.775 bits per heavy atom. The molecule has 466 valence electrons. The van der Waals surface area contributed by atoms with Crippen LogP contribution in [-0.4, -0.2) is 87.5 Å². The number of hydrogen-bond acceptors (Lipinski definition) is 8. The molecule has 0 spiro atoms. The van der Waals surface area contributed by atoms with E-state index in [-0.39, 0.29) is 12.5 Å². The number of nitrogens with one attached hydrogen (secondary N) is 1. The van der Waals surface area contributed by atoms with Crippen LogP contribution in [0.1, 0.15) is 316 Å². The number of allylic oxidation sites excluding steroid dienone is 11. The lowest BCUT2D eigenvalue weighted by atomic mass is 9.99. The lowest BCUT2D eigenvalue weighted by Crippen LogP contribution is -2.60. The third-order valence-corrected chi connectivity index (χ3v) is 16.0. The van der Waals surface area contributed by atoms with Crippen molar-refractivity contribution in [2.45, 2.75) is 358 Å². The van der Waals surface area contributed by atoms with Gasteiger partial charge in [-0.25, -0.2) is 0 Å². The van der Waals surface area contributed by atoms with Gasteiger partial charge < -0.3 is 40.3 Å². The van der Waals surface area contributed by atoms with Crippen molar-refractivity contribution in [3.8, 4) is 0 Å². The Balaban J connectivity index is 2.15. The first-order valence-electron chi connectivity index (χ1n) is 34.2. The van der Waals surface area contributed by atoms with E-state index in [0.29, 0.717) is 6.42 Å². The van der Waals surface area contributed by atoms with Crippen molar-refractivity contribution in [1.29, 1.82) is 0 Å². The monoisotopic (exact) mass is 1120 g/mol. The fourth-order valence-electron chi connectivity index (χ4n) is 10.7. The van der Waals surface area contributed by atoms with Gasteiger partial charge in [0.15, 0.2) is 6.29 Å². The van der Waals surface area contributed by atoms with Crippen LogP contribution >= 0.6 is 0 Å². The zero-order valence-corrected chi connectivity index (χ0v) is 52.1. The van der Waals surface area contributed by atoms with E-state index in [0.717, 1.165) is 70.6 Å². The molecule has 0 aromatic rings. The van der Waals surface area contributed by atoms with Crippen LogP contribution in [0.3, 0.4) is 0 Å². The minimum Gasteiger partial charge on any atom is -0.394 e. The summed E-state index contributed by atoms with van der Waals surface area (Å²) in [5.41, 5.74) is 0. The van der Waals surface area contributed by atoms with Crippen LogP contribution in [-0.2, 0) is 14.3 Å². The summed E-state index contributed by atoms with van der Waals surface area (Å²) < 4.78 is 11.3. The van der Waals surface area contributed by atoms with Crippen LogP contribution in [0.15, 0.2) is 72.9 Å². The number of aliphatic hydroxyl groups is 5. The molecule has 0 aromatic carbocycles.